The second-order valence-electron chi connectivity index (χ2n) is 6.18. The molecule has 0 radical (unpaired) electrons. The number of nitrogens with two attached hydrogens (primary N) is 1. The Labute approximate surface area is 121 Å². The maximum atomic E-state index is 5.85. The summed E-state index contributed by atoms with van der Waals surface area (Å²) in [6, 6.07) is 1.01. The Kier molecular flexibility index (Phi) is 3.89. The second-order valence-corrected chi connectivity index (χ2v) is 6.18. The summed E-state index contributed by atoms with van der Waals surface area (Å²) in [5.74, 6) is 0.884. The number of aromatic nitrogens is 2. The van der Waals surface area contributed by atoms with Crippen molar-refractivity contribution < 1.29 is 0 Å². The summed E-state index contributed by atoms with van der Waals surface area (Å²) in [5.41, 5.74) is 8.37. The highest BCUT2D eigenvalue weighted by Crippen LogP contribution is 2.25. The summed E-state index contributed by atoms with van der Waals surface area (Å²) in [4.78, 5) is 14.2. The van der Waals surface area contributed by atoms with Crippen molar-refractivity contribution in [2.24, 2.45) is 5.73 Å². The molecule has 3 heterocycles. The molecule has 1 aromatic rings. The van der Waals surface area contributed by atoms with E-state index in [0.29, 0.717) is 18.6 Å². The Morgan fingerprint density at radius 1 is 1.40 bits per heavy atom. The lowest BCUT2D eigenvalue weighted by Gasteiger charge is -2.32. The zero-order valence-corrected chi connectivity index (χ0v) is 12.5. The molecule has 0 spiro atoms. The predicted octanol–water partition coefficient (Wildman–Crippen LogP) is 1.17. The van der Waals surface area contributed by atoms with Crippen LogP contribution in [0.5, 0.6) is 0 Å². The number of nitrogens with zero attached hydrogens (tertiary/aromatic N) is 4. The minimum Gasteiger partial charge on any atom is -0.337 e. The molecular formula is C15H25N5. The van der Waals surface area contributed by atoms with E-state index in [1.54, 1.807) is 0 Å². The molecule has 2 aliphatic rings. The van der Waals surface area contributed by atoms with Gasteiger partial charge in [0.2, 0.25) is 5.95 Å². The van der Waals surface area contributed by atoms with Gasteiger partial charge in [0.15, 0.2) is 0 Å². The summed E-state index contributed by atoms with van der Waals surface area (Å²) < 4.78 is 0. The maximum absolute atomic E-state index is 5.85. The standard InChI is InChI=1S/C15H25N5/c1-11(2)19-7-5-14-12(10-19)9-17-15(18-14)20-6-3-4-13(20)8-16/h9,11,13H,3-8,10,16H2,1-2H3. The quantitative estimate of drug-likeness (QED) is 0.897. The molecule has 0 saturated carbocycles. The third kappa shape index (κ3) is 2.52. The number of hydrogen-bond donors (Lipinski definition) is 1. The van der Waals surface area contributed by atoms with E-state index in [1.165, 1.54) is 17.7 Å². The Bertz CT molecular complexity index is 473. The summed E-state index contributed by atoms with van der Waals surface area (Å²) in [6.07, 6.45) is 5.42. The number of anilines is 1. The van der Waals surface area contributed by atoms with Crippen LogP contribution >= 0.6 is 0 Å². The molecule has 2 aliphatic heterocycles. The van der Waals surface area contributed by atoms with Gasteiger partial charge in [-0.1, -0.05) is 0 Å². The number of rotatable bonds is 3. The number of fused-ring (bicyclic) bond motifs is 1. The third-order valence-corrected chi connectivity index (χ3v) is 4.59. The summed E-state index contributed by atoms with van der Waals surface area (Å²) in [5, 5.41) is 0. The monoisotopic (exact) mass is 275 g/mol. The molecule has 0 amide bonds. The average Bonchev–Trinajstić information content (AvgIpc) is 2.94. The first kappa shape index (κ1) is 13.8. The average molecular weight is 275 g/mol. The molecule has 1 atom stereocenters. The van der Waals surface area contributed by atoms with E-state index in [9.17, 15) is 0 Å². The van der Waals surface area contributed by atoms with Gasteiger partial charge in [-0.3, -0.25) is 4.90 Å². The van der Waals surface area contributed by atoms with Crippen LogP contribution in [0.4, 0.5) is 5.95 Å². The molecule has 0 bridgehead atoms. The lowest BCUT2D eigenvalue weighted by molar-refractivity contribution is 0.201. The molecule has 5 nitrogen and oxygen atoms in total. The fraction of sp³-hybridized carbons (Fsp3) is 0.733. The van der Waals surface area contributed by atoms with Gasteiger partial charge in [-0.2, -0.15) is 0 Å². The number of hydrogen-bond acceptors (Lipinski definition) is 5. The molecule has 20 heavy (non-hydrogen) atoms. The lowest BCUT2D eigenvalue weighted by atomic mass is 10.1. The van der Waals surface area contributed by atoms with Crippen LogP contribution < -0.4 is 10.6 Å². The van der Waals surface area contributed by atoms with E-state index in [2.05, 4.69) is 28.6 Å². The van der Waals surface area contributed by atoms with Crippen molar-refractivity contribution in [3.63, 3.8) is 0 Å². The van der Waals surface area contributed by atoms with E-state index < -0.39 is 0 Å². The highest BCUT2D eigenvalue weighted by Gasteiger charge is 2.27. The van der Waals surface area contributed by atoms with Crippen molar-refractivity contribution in [1.29, 1.82) is 0 Å². The molecule has 1 unspecified atom stereocenters. The van der Waals surface area contributed by atoms with Gasteiger partial charge in [0.1, 0.15) is 0 Å². The van der Waals surface area contributed by atoms with Crippen LogP contribution in [0.3, 0.4) is 0 Å². The van der Waals surface area contributed by atoms with Gasteiger partial charge >= 0.3 is 0 Å². The molecule has 0 aliphatic carbocycles. The molecule has 0 aromatic carbocycles. The summed E-state index contributed by atoms with van der Waals surface area (Å²) in [7, 11) is 0. The molecule has 110 valence electrons. The van der Waals surface area contributed by atoms with Crippen molar-refractivity contribution in [2.45, 2.75) is 51.7 Å². The van der Waals surface area contributed by atoms with Gasteiger partial charge in [-0.25, -0.2) is 9.97 Å². The van der Waals surface area contributed by atoms with Crippen LogP contribution in [0.25, 0.3) is 0 Å². The molecular weight excluding hydrogens is 250 g/mol. The SMILES string of the molecule is CC(C)N1CCc2nc(N3CCCC3CN)ncc2C1. The Morgan fingerprint density at radius 3 is 3.00 bits per heavy atom. The maximum Gasteiger partial charge on any atom is 0.225 e. The largest absolute Gasteiger partial charge is 0.337 e. The first-order chi connectivity index (χ1) is 9.69. The van der Waals surface area contributed by atoms with Crippen molar-refractivity contribution in [2.75, 3.05) is 24.5 Å². The van der Waals surface area contributed by atoms with Crippen LogP contribution in [0.15, 0.2) is 6.20 Å². The molecule has 3 rings (SSSR count). The topological polar surface area (TPSA) is 58.3 Å². The lowest BCUT2D eigenvalue weighted by Crippen LogP contribution is -2.38. The smallest absolute Gasteiger partial charge is 0.225 e. The molecule has 5 heteroatoms. The Balaban J connectivity index is 1.80. The zero-order chi connectivity index (χ0) is 14.1. The first-order valence-corrected chi connectivity index (χ1v) is 7.74. The van der Waals surface area contributed by atoms with E-state index in [1.807, 2.05) is 6.20 Å². The van der Waals surface area contributed by atoms with Crippen LogP contribution in [0.2, 0.25) is 0 Å². The van der Waals surface area contributed by atoms with Gasteiger partial charge in [0.05, 0.1) is 5.69 Å². The minimum absolute atomic E-state index is 0.420. The molecule has 1 fully saturated rings. The zero-order valence-electron chi connectivity index (χ0n) is 12.5. The van der Waals surface area contributed by atoms with Crippen LogP contribution in [0, 0.1) is 0 Å². The summed E-state index contributed by atoms with van der Waals surface area (Å²) in [6.45, 7) is 8.31. The van der Waals surface area contributed by atoms with E-state index in [0.717, 1.165) is 38.4 Å². The van der Waals surface area contributed by atoms with Gasteiger partial charge in [0.25, 0.3) is 0 Å². The Morgan fingerprint density at radius 2 is 2.25 bits per heavy atom. The van der Waals surface area contributed by atoms with E-state index in [-0.39, 0.29) is 0 Å². The van der Waals surface area contributed by atoms with Crippen LogP contribution in [-0.4, -0.2) is 46.6 Å². The van der Waals surface area contributed by atoms with Gasteiger partial charge < -0.3 is 10.6 Å². The Hall–Kier alpha value is -1.20. The van der Waals surface area contributed by atoms with Crippen molar-refractivity contribution >= 4 is 5.95 Å². The van der Waals surface area contributed by atoms with Crippen molar-refractivity contribution in [1.82, 2.24) is 14.9 Å². The van der Waals surface area contributed by atoms with Crippen molar-refractivity contribution in [3.05, 3.63) is 17.5 Å². The van der Waals surface area contributed by atoms with E-state index >= 15 is 0 Å². The first-order valence-electron chi connectivity index (χ1n) is 7.74. The van der Waals surface area contributed by atoms with Crippen molar-refractivity contribution in [3.8, 4) is 0 Å². The van der Waals surface area contributed by atoms with E-state index in [4.69, 9.17) is 10.7 Å². The molecule has 1 saturated heterocycles. The predicted molar refractivity (Wildman–Crippen MR) is 80.7 cm³/mol. The fourth-order valence-electron chi connectivity index (χ4n) is 3.25. The van der Waals surface area contributed by atoms with Crippen LogP contribution in [-0.2, 0) is 13.0 Å². The minimum atomic E-state index is 0.420. The van der Waals surface area contributed by atoms with Gasteiger partial charge in [-0.15, -0.1) is 0 Å². The second kappa shape index (κ2) is 5.66. The van der Waals surface area contributed by atoms with Gasteiger partial charge in [-0.05, 0) is 26.7 Å². The summed E-state index contributed by atoms with van der Waals surface area (Å²) >= 11 is 0. The van der Waals surface area contributed by atoms with Crippen LogP contribution in [0.1, 0.15) is 37.9 Å². The highest BCUT2D eigenvalue weighted by atomic mass is 15.3. The third-order valence-electron chi connectivity index (χ3n) is 4.59. The normalized spacial score (nSPS) is 23.4. The highest BCUT2D eigenvalue weighted by molar-refractivity contribution is 5.37. The van der Waals surface area contributed by atoms with Gasteiger partial charge in [0, 0.05) is 56.4 Å². The fourth-order valence-corrected chi connectivity index (χ4v) is 3.25. The molecule has 2 N–H and O–H groups in total. The molecule has 1 aromatic heterocycles.